The molecule has 96 valence electrons. The molecule has 0 fully saturated rings. The van der Waals surface area contributed by atoms with Gasteiger partial charge in [-0.3, -0.25) is 4.79 Å². The van der Waals surface area contributed by atoms with Gasteiger partial charge in [-0.15, -0.1) is 0 Å². The number of halogens is 5. The highest BCUT2D eigenvalue weighted by molar-refractivity contribution is 9.10. The van der Waals surface area contributed by atoms with Gasteiger partial charge in [0.1, 0.15) is 6.54 Å². The highest BCUT2D eigenvalue weighted by Crippen LogP contribution is 2.20. The van der Waals surface area contributed by atoms with E-state index in [-0.39, 0.29) is 17.6 Å². The third-order valence-corrected chi connectivity index (χ3v) is 2.58. The Morgan fingerprint density at radius 3 is 2.47 bits per heavy atom. The molecule has 0 aliphatic rings. The molecular formula is C9H8Br2F3NO2. The average molecular weight is 379 g/mol. The normalized spacial score (nSPS) is 11.6. The molecule has 0 aromatic carbocycles. The van der Waals surface area contributed by atoms with Crippen molar-refractivity contribution in [3.8, 4) is 0 Å². The molecule has 0 spiro atoms. The molecule has 0 atom stereocenters. The van der Waals surface area contributed by atoms with Gasteiger partial charge in [0.05, 0.1) is 0 Å². The maximum atomic E-state index is 12.3. The molecule has 17 heavy (non-hydrogen) atoms. The molecule has 1 amide bonds. The van der Waals surface area contributed by atoms with Crippen LogP contribution in [0.3, 0.4) is 0 Å². The summed E-state index contributed by atoms with van der Waals surface area (Å²) in [5.74, 6) is -0.908. The summed E-state index contributed by atoms with van der Waals surface area (Å²) in [7, 11) is 0. The lowest BCUT2D eigenvalue weighted by Gasteiger charge is -2.21. The lowest BCUT2D eigenvalue weighted by Crippen LogP contribution is -2.39. The van der Waals surface area contributed by atoms with Gasteiger partial charge in [-0.1, -0.05) is 15.9 Å². The highest BCUT2D eigenvalue weighted by atomic mass is 79.9. The second-order valence-corrected chi connectivity index (χ2v) is 4.71. The first kappa shape index (κ1) is 14.6. The van der Waals surface area contributed by atoms with Crippen LogP contribution >= 0.6 is 31.9 Å². The van der Waals surface area contributed by atoms with Gasteiger partial charge in [0.25, 0.3) is 5.91 Å². The van der Waals surface area contributed by atoms with Crippen molar-refractivity contribution in [2.24, 2.45) is 0 Å². The van der Waals surface area contributed by atoms with Gasteiger partial charge >= 0.3 is 6.18 Å². The van der Waals surface area contributed by atoms with Crippen LogP contribution < -0.4 is 0 Å². The van der Waals surface area contributed by atoms with Crippen LogP contribution in [-0.4, -0.2) is 35.4 Å². The molecule has 0 saturated carbocycles. The number of rotatable bonds is 4. The Morgan fingerprint density at radius 2 is 2.06 bits per heavy atom. The number of hydrogen-bond donors (Lipinski definition) is 0. The number of amides is 1. The van der Waals surface area contributed by atoms with Crippen LogP contribution in [0.25, 0.3) is 0 Å². The fourth-order valence-corrected chi connectivity index (χ4v) is 1.89. The van der Waals surface area contributed by atoms with Crippen molar-refractivity contribution in [3.63, 3.8) is 0 Å². The number of nitrogens with zero attached hydrogens (tertiary/aromatic N) is 1. The zero-order valence-electron chi connectivity index (χ0n) is 8.43. The standard InChI is InChI=1S/C9H8Br2F3NO2/c10-3-4-15(5-9(12,13)14)8(16)6-1-2-7(11)17-6/h1-2H,3-5H2. The first-order valence-corrected chi connectivity index (χ1v) is 6.42. The van der Waals surface area contributed by atoms with Gasteiger partial charge in [-0.25, -0.2) is 0 Å². The maximum absolute atomic E-state index is 12.3. The van der Waals surface area contributed by atoms with Gasteiger partial charge in [-0.2, -0.15) is 13.2 Å². The first-order chi connectivity index (χ1) is 7.83. The van der Waals surface area contributed by atoms with Crippen molar-refractivity contribution in [1.29, 1.82) is 0 Å². The van der Waals surface area contributed by atoms with E-state index in [9.17, 15) is 18.0 Å². The van der Waals surface area contributed by atoms with Crippen molar-refractivity contribution in [2.75, 3.05) is 18.4 Å². The van der Waals surface area contributed by atoms with E-state index in [1.54, 1.807) is 0 Å². The highest BCUT2D eigenvalue weighted by Gasteiger charge is 2.33. The topological polar surface area (TPSA) is 33.5 Å². The molecule has 0 radical (unpaired) electrons. The van der Waals surface area contributed by atoms with E-state index in [0.717, 1.165) is 0 Å². The number of carbonyl (C=O) groups is 1. The second-order valence-electron chi connectivity index (χ2n) is 3.13. The van der Waals surface area contributed by atoms with Crippen LogP contribution in [0, 0.1) is 0 Å². The van der Waals surface area contributed by atoms with Gasteiger partial charge in [0.15, 0.2) is 10.4 Å². The average Bonchev–Trinajstić information content (AvgIpc) is 2.61. The quantitative estimate of drug-likeness (QED) is 0.752. The molecule has 1 rings (SSSR count). The van der Waals surface area contributed by atoms with Crippen LogP contribution in [0.15, 0.2) is 21.2 Å². The molecule has 8 heteroatoms. The predicted octanol–water partition coefficient (Wildman–Crippen LogP) is 3.44. The van der Waals surface area contributed by atoms with Crippen LogP contribution in [0.5, 0.6) is 0 Å². The van der Waals surface area contributed by atoms with Crippen molar-refractivity contribution < 1.29 is 22.4 Å². The number of carbonyl (C=O) groups excluding carboxylic acids is 1. The Kier molecular flexibility index (Phi) is 5.05. The van der Waals surface area contributed by atoms with Crippen molar-refractivity contribution in [3.05, 3.63) is 22.6 Å². The Balaban J connectivity index is 2.80. The Bertz CT molecular complexity index is 392. The summed E-state index contributed by atoms with van der Waals surface area (Å²) in [6.07, 6.45) is -4.43. The van der Waals surface area contributed by atoms with Crippen molar-refractivity contribution in [2.45, 2.75) is 6.18 Å². The van der Waals surface area contributed by atoms with Crippen molar-refractivity contribution >= 4 is 37.8 Å². The molecule has 3 nitrogen and oxygen atoms in total. The van der Waals surface area contributed by atoms with Crippen LogP contribution in [0.1, 0.15) is 10.6 Å². The van der Waals surface area contributed by atoms with E-state index in [0.29, 0.717) is 9.57 Å². The Morgan fingerprint density at radius 1 is 1.41 bits per heavy atom. The van der Waals surface area contributed by atoms with Gasteiger partial charge < -0.3 is 9.32 Å². The third-order valence-electron chi connectivity index (χ3n) is 1.80. The monoisotopic (exact) mass is 377 g/mol. The molecule has 1 aromatic heterocycles. The Labute approximate surface area is 112 Å². The van der Waals surface area contributed by atoms with E-state index in [2.05, 4.69) is 31.9 Å². The summed E-state index contributed by atoms with van der Waals surface area (Å²) in [5, 5.41) is 0.261. The van der Waals surface area contributed by atoms with Crippen LogP contribution in [0.2, 0.25) is 0 Å². The zero-order valence-corrected chi connectivity index (χ0v) is 11.6. The molecule has 1 aromatic rings. The fraction of sp³-hybridized carbons (Fsp3) is 0.444. The van der Waals surface area contributed by atoms with Gasteiger partial charge in [-0.05, 0) is 28.1 Å². The first-order valence-electron chi connectivity index (χ1n) is 4.51. The van der Waals surface area contributed by atoms with Crippen molar-refractivity contribution in [1.82, 2.24) is 4.90 Å². The van der Waals surface area contributed by atoms with E-state index >= 15 is 0 Å². The SMILES string of the molecule is O=C(c1ccc(Br)o1)N(CCBr)CC(F)(F)F. The molecule has 0 bridgehead atoms. The minimum absolute atomic E-state index is 0.0450. The van der Waals surface area contributed by atoms with Gasteiger partial charge in [0.2, 0.25) is 0 Å². The number of hydrogen-bond acceptors (Lipinski definition) is 2. The minimum atomic E-state index is -4.43. The number of furan rings is 1. The lowest BCUT2D eigenvalue weighted by atomic mass is 10.3. The predicted molar refractivity (Wildman–Crippen MR) is 62.2 cm³/mol. The third kappa shape index (κ3) is 4.71. The maximum Gasteiger partial charge on any atom is 0.406 e. The number of alkyl halides is 4. The molecule has 0 N–H and O–H groups in total. The summed E-state index contributed by atoms with van der Waals surface area (Å²) >= 11 is 5.98. The van der Waals surface area contributed by atoms with Crippen LogP contribution in [-0.2, 0) is 0 Å². The lowest BCUT2D eigenvalue weighted by molar-refractivity contribution is -0.140. The van der Waals surface area contributed by atoms with E-state index in [1.165, 1.54) is 12.1 Å². The zero-order chi connectivity index (χ0) is 13.1. The molecular weight excluding hydrogens is 371 g/mol. The summed E-state index contributed by atoms with van der Waals surface area (Å²) in [4.78, 5) is 12.4. The van der Waals surface area contributed by atoms with E-state index in [4.69, 9.17) is 4.42 Å². The minimum Gasteiger partial charge on any atom is -0.444 e. The second kappa shape index (κ2) is 5.90. The summed E-state index contributed by atoms with van der Waals surface area (Å²) in [6.45, 7) is -1.34. The summed E-state index contributed by atoms with van der Waals surface area (Å²) in [6, 6.07) is 2.77. The molecule has 0 saturated heterocycles. The molecule has 1 heterocycles. The molecule has 0 unspecified atom stereocenters. The smallest absolute Gasteiger partial charge is 0.406 e. The molecule has 0 aliphatic heterocycles. The Hall–Kier alpha value is -0.500. The van der Waals surface area contributed by atoms with E-state index in [1.807, 2.05) is 0 Å². The van der Waals surface area contributed by atoms with Gasteiger partial charge in [0, 0.05) is 11.9 Å². The molecule has 0 aliphatic carbocycles. The summed E-state index contributed by atoms with van der Waals surface area (Å²) in [5.41, 5.74) is 0. The largest absolute Gasteiger partial charge is 0.444 e. The van der Waals surface area contributed by atoms with Crippen LogP contribution in [0.4, 0.5) is 13.2 Å². The fourth-order valence-electron chi connectivity index (χ4n) is 1.16. The van der Waals surface area contributed by atoms with E-state index < -0.39 is 18.6 Å². The summed E-state index contributed by atoms with van der Waals surface area (Å²) < 4.78 is 42.0.